The number of carbonyl (C=O) groups excluding carboxylic acids is 2. The average molecular weight is 396 g/mol. The lowest BCUT2D eigenvalue weighted by Gasteiger charge is -2.14. The summed E-state index contributed by atoms with van der Waals surface area (Å²) in [6.07, 6.45) is 2.88. The predicted octanol–water partition coefficient (Wildman–Crippen LogP) is 2.79. The number of hydrogen-bond donors (Lipinski definition) is 2. The monoisotopic (exact) mass is 395 g/mol. The molecule has 2 N–H and O–H groups in total. The van der Waals surface area contributed by atoms with Gasteiger partial charge in [-0.2, -0.15) is 5.10 Å². The summed E-state index contributed by atoms with van der Waals surface area (Å²) in [5, 5.41) is 14.1. The smallest absolute Gasteiger partial charge is 0.245 e. The number of hydrazone groups is 1. The number of nitrogens with zero attached hydrogens (tertiary/aromatic N) is 2. The summed E-state index contributed by atoms with van der Waals surface area (Å²) < 4.78 is 5.22. The van der Waals surface area contributed by atoms with Gasteiger partial charge < -0.3 is 14.4 Å². The van der Waals surface area contributed by atoms with Gasteiger partial charge in [-0.3, -0.25) is 9.59 Å². The molecule has 1 aliphatic heterocycles. The second kappa shape index (κ2) is 7.80. The molecule has 7 nitrogen and oxygen atoms in total. The predicted molar refractivity (Wildman–Crippen MR) is 96.1 cm³/mol. The van der Waals surface area contributed by atoms with Crippen LogP contribution in [0.15, 0.2) is 40.0 Å². The Morgan fingerprint density at radius 1 is 1.46 bits per heavy atom. The van der Waals surface area contributed by atoms with E-state index in [9.17, 15) is 14.7 Å². The lowest BCUT2D eigenvalue weighted by Crippen LogP contribution is -2.30. The van der Waals surface area contributed by atoms with E-state index in [1.807, 2.05) is 0 Å². The number of phenolic OH excluding ortho intramolecular Hbond substituents is 1. The number of aromatic hydroxyl groups is 1. The maximum Gasteiger partial charge on any atom is 0.245 e. The number of phenols is 1. The highest BCUT2D eigenvalue weighted by Gasteiger charge is 2.34. The Bertz CT molecular complexity index is 852. The lowest BCUT2D eigenvalue weighted by atomic mass is 10.1. The maximum absolute atomic E-state index is 12.2. The minimum absolute atomic E-state index is 0.0836. The molecule has 0 unspecified atom stereocenters. The van der Waals surface area contributed by atoms with Gasteiger partial charge in [-0.05, 0) is 24.3 Å². The number of amides is 2. The second-order valence-corrected chi connectivity index (χ2v) is 6.66. The van der Waals surface area contributed by atoms with Crippen LogP contribution in [-0.4, -0.2) is 34.6 Å². The maximum atomic E-state index is 12.2. The fraction of sp³-hybridized carbons (Fsp3) is 0.235. The third-order valence-corrected chi connectivity index (χ3v) is 4.45. The van der Waals surface area contributed by atoms with Crippen molar-refractivity contribution in [2.45, 2.75) is 13.0 Å². The standard InChI is InChI=1S/C17H15Cl2N3O4/c18-12-4-10(16(24)14(19)6-12)7-20-21-17(25)11-5-15(23)22(8-11)9-13-2-1-3-26-13/h1-4,6-7,11,24H,5,8-9H2,(H,21,25)/b20-7-/t11-/m1/s1. The van der Waals surface area contributed by atoms with E-state index in [0.717, 1.165) is 0 Å². The molecule has 26 heavy (non-hydrogen) atoms. The molecule has 9 heteroatoms. The number of rotatable bonds is 5. The lowest BCUT2D eigenvalue weighted by molar-refractivity contribution is -0.129. The topological polar surface area (TPSA) is 95.1 Å². The van der Waals surface area contributed by atoms with Gasteiger partial charge in [0.05, 0.1) is 30.0 Å². The van der Waals surface area contributed by atoms with E-state index in [1.54, 1.807) is 17.0 Å². The third kappa shape index (κ3) is 4.17. The van der Waals surface area contributed by atoms with Crippen molar-refractivity contribution in [3.8, 4) is 5.75 Å². The molecule has 3 rings (SSSR count). The van der Waals surface area contributed by atoms with Crippen LogP contribution < -0.4 is 5.43 Å². The molecule has 0 saturated carbocycles. The second-order valence-electron chi connectivity index (χ2n) is 5.81. The normalized spacial score (nSPS) is 17.2. The summed E-state index contributed by atoms with van der Waals surface area (Å²) in [6, 6.07) is 6.37. The minimum Gasteiger partial charge on any atom is -0.506 e. The van der Waals surface area contributed by atoms with Crippen molar-refractivity contribution in [1.82, 2.24) is 10.3 Å². The average Bonchev–Trinajstić information content (AvgIpc) is 3.22. The SMILES string of the molecule is O=C(N/N=C\c1cc(Cl)cc(Cl)c1O)[C@@H]1CC(=O)N(Cc2ccco2)C1. The van der Waals surface area contributed by atoms with E-state index in [1.165, 1.54) is 24.6 Å². The van der Waals surface area contributed by atoms with Gasteiger partial charge in [0, 0.05) is 23.6 Å². The number of benzene rings is 1. The molecule has 0 bridgehead atoms. The van der Waals surface area contributed by atoms with E-state index in [-0.39, 0.29) is 41.1 Å². The van der Waals surface area contributed by atoms with Crippen LogP contribution >= 0.6 is 23.2 Å². The number of hydrogen-bond acceptors (Lipinski definition) is 5. The molecule has 0 spiro atoms. The fourth-order valence-electron chi connectivity index (χ4n) is 2.63. The van der Waals surface area contributed by atoms with Gasteiger partial charge in [0.15, 0.2) is 0 Å². The van der Waals surface area contributed by atoms with Gasteiger partial charge in [0.1, 0.15) is 11.5 Å². The van der Waals surface area contributed by atoms with E-state index in [2.05, 4.69) is 10.5 Å². The Hall–Kier alpha value is -2.51. The van der Waals surface area contributed by atoms with Crippen LogP contribution in [0.2, 0.25) is 10.0 Å². The fourth-order valence-corrected chi connectivity index (χ4v) is 3.14. The third-order valence-electron chi connectivity index (χ3n) is 3.95. The van der Waals surface area contributed by atoms with Crippen LogP contribution in [0.1, 0.15) is 17.7 Å². The summed E-state index contributed by atoms with van der Waals surface area (Å²) in [7, 11) is 0. The van der Waals surface area contributed by atoms with Crippen molar-refractivity contribution in [2.75, 3.05) is 6.54 Å². The quantitative estimate of drug-likeness (QED) is 0.600. The van der Waals surface area contributed by atoms with Crippen molar-refractivity contribution >= 4 is 41.2 Å². The van der Waals surface area contributed by atoms with Gasteiger partial charge in [0.25, 0.3) is 0 Å². The van der Waals surface area contributed by atoms with Gasteiger partial charge in [-0.25, -0.2) is 5.43 Å². The summed E-state index contributed by atoms with van der Waals surface area (Å²) in [6.45, 7) is 0.614. The summed E-state index contributed by atoms with van der Waals surface area (Å²) in [5.74, 6) is -0.541. The van der Waals surface area contributed by atoms with Gasteiger partial charge in [0.2, 0.25) is 11.8 Å². The summed E-state index contributed by atoms with van der Waals surface area (Å²) >= 11 is 11.7. The van der Waals surface area contributed by atoms with Gasteiger partial charge >= 0.3 is 0 Å². The molecule has 0 radical (unpaired) electrons. The van der Waals surface area contributed by atoms with Crippen LogP contribution in [0.4, 0.5) is 0 Å². The van der Waals surface area contributed by atoms with Crippen LogP contribution in [0.5, 0.6) is 5.75 Å². The molecule has 1 fully saturated rings. The largest absolute Gasteiger partial charge is 0.506 e. The molecule has 2 heterocycles. The zero-order chi connectivity index (χ0) is 18.7. The highest BCUT2D eigenvalue weighted by atomic mass is 35.5. The molecule has 0 aliphatic carbocycles. The van der Waals surface area contributed by atoms with Crippen LogP contribution in [0, 0.1) is 5.92 Å². The number of furan rings is 1. The van der Waals surface area contributed by atoms with Crippen molar-refractivity contribution in [2.24, 2.45) is 11.0 Å². The molecule has 1 aromatic heterocycles. The number of carbonyl (C=O) groups is 2. The molecular weight excluding hydrogens is 381 g/mol. The Kier molecular flexibility index (Phi) is 5.49. The summed E-state index contributed by atoms with van der Waals surface area (Å²) in [5.41, 5.74) is 2.64. The molecule has 136 valence electrons. The first-order chi connectivity index (χ1) is 12.4. The Morgan fingerprint density at radius 2 is 2.27 bits per heavy atom. The first kappa shape index (κ1) is 18.3. The first-order valence-electron chi connectivity index (χ1n) is 7.75. The highest BCUT2D eigenvalue weighted by molar-refractivity contribution is 6.36. The van der Waals surface area contributed by atoms with Crippen LogP contribution in [0.25, 0.3) is 0 Å². The zero-order valence-electron chi connectivity index (χ0n) is 13.5. The van der Waals surface area contributed by atoms with Crippen molar-refractivity contribution in [1.29, 1.82) is 0 Å². The Labute approximate surface area is 159 Å². The number of halogens is 2. The highest BCUT2D eigenvalue weighted by Crippen LogP contribution is 2.30. The Morgan fingerprint density at radius 3 is 3.00 bits per heavy atom. The zero-order valence-corrected chi connectivity index (χ0v) is 15.0. The molecule has 1 atom stereocenters. The van der Waals surface area contributed by atoms with E-state index < -0.39 is 5.92 Å². The molecule has 1 aromatic carbocycles. The van der Waals surface area contributed by atoms with Gasteiger partial charge in [-0.1, -0.05) is 23.2 Å². The first-order valence-corrected chi connectivity index (χ1v) is 8.50. The van der Waals surface area contributed by atoms with E-state index >= 15 is 0 Å². The molecule has 1 saturated heterocycles. The summed E-state index contributed by atoms with van der Waals surface area (Å²) in [4.78, 5) is 25.8. The Balaban J connectivity index is 1.58. The molecular formula is C17H15Cl2N3O4. The van der Waals surface area contributed by atoms with E-state index in [0.29, 0.717) is 17.3 Å². The number of likely N-dealkylation sites (tertiary alicyclic amines) is 1. The molecule has 2 aromatic rings. The van der Waals surface area contributed by atoms with Crippen molar-refractivity contribution in [3.63, 3.8) is 0 Å². The van der Waals surface area contributed by atoms with Crippen LogP contribution in [-0.2, 0) is 16.1 Å². The van der Waals surface area contributed by atoms with Crippen molar-refractivity contribution in [3.05, 3.63) is 51.9 Å². The minimum atomic E-state index is -0.508. The van der Waals surface area contributed by atoms with E-state index in [4.69, 9.17) is 27.6 Å². The van der Waals surface area contributed by atoms with Gasteiger partial charge in [-0.15, -0.1) is 0 Å². The molecule has 1 aliphatic rings. The van der Waals surface area contributed by atoms with Crippen molar-refractivity contribution < 1.29 is 19.1 Å². The molecule has 2 amide bonds. The van der Waals surface area contributed by atoms with Crippen LogP contribution in [0.3, 0.4) is 0 Å². The number of nitrogens with one attached hydrogen (secondary N) is 1.